The lowest BCUT2D eigenvalue weighted by Gasteiger charge is -2.10. The maximum absolute atomic E-state index is 12.2. The molecule has 0 bridgehead atoms. The van der Waals surface area contributed by atoms with E-state index in [1.165, 1.54) is 25.4 Å². The SMILES string of the molecule is CNc1ccc([N+](=O)[O-])cc1S(=O)(=O)Nc1cnoc1. The van der Waals surface area contributed by atoms with Crippen molar-refractivity contribution in [2.24, 2.45) is 0 Å². The first-order chi connectivity index (χ1) is 9.44. The van der Waals surface area contributed by atoms with Crippen LogP contribution in [0.1, 0.15) is 0 Å². The molecule has 1 aromatic heterocycles. The van der Waals surface area contributed by atoms with E-state index in [0.717, 1.165) is 12.3 Å². The van der Waals surface area contributed by atoms with Crippen LogP contribution in [0.15, 0.2) is 40.1 Å². The molecule has 2 N–H and O–H groups in total. The van der Waals surface area contributed by atoms with E-state index in [2.05, 4.69) is 19.7 Å². The highest BCUT2D eigenvalue weighted by Gasteiger charge is 2.22. The Balaban J connectivity index is 2.48. The van der Waals surface area contributed by atoms with Crippen LogP contribution in [-0.4, -0.2) is 25.5 Å². The Morgan fingerprint density at radius 2 is 2.15 bits per heavy atom. The van der Waals surface area contributed by atoms with Gasteiger partial charge in [-0.15, -0.1) is 0 Å². The highest BCUT2D eigenvalue weighted by atomic mass is 32.2. The van der Waals surface area contributed by atoms with E-state index in [9.17, 15) is 18.5 Å². The molecule has 0 aliphatic heterocycles. The molecule has 0 fully saturated rings. The molecule has 0 saturated heterocycles. The topological polar surface area (TPSA) is 127 Å². The van der Waals surface area contributed by atoms with E-state index >= 15 is 0 Å². The summed E-state index contributed by atoms with van der Waals surface area (Å²) in [4.78, 5) is 9.83. The molecule has 0 atom stereocenters. The number of non-ortho nitro benzene ring substituents is 1. The molecule has 0 aliphatic rings. The van der Waals surface area contributed by atoms with Crippen LogP contribution in [0.3, 0.4) is 0 Å². The van der Waals surface area contributed by atoms with E-state index in [1.807, 2.05) is 0 Å². The molecule has 0 saturated carbocycles. The van der Waals surface area contributed by atoms with Gasteiger partial charge in [0.05, 0.1) is 16.8 Å². The predicted molar refractivity (Wildman–Crippen MR) is 70.0 cm³/mol. The first kappa shape index (κ1) is 13.8. The Labute approximate surface area is 113 Å². The maximum Gasteiger partial charge on any atom is 0.270 e. The summed E-state index contributed by atoms with van der Waals surface area (Å²) in [6.45, 7) is 0. The number of nitro groups is 1. The predicted octanol–water partition coefficient (Wildman–Crippen LogP) is 1.43. The molecule has 106 valence electrons. The molecule has 0 spiro atoms. The number of nitrogens with one attached hydrogen (secondary N) is 2. The molecule has 2 rings (SSSR count). The van der Waals surface area contributed by atoms with Gasteiger partial charge in [0.2, 0.25) is 0 Å². The lowest BCUT2D eigenvalue weighted by molar-refractivity contribution is -0.385. The third kappa shape index (κ3) is 2.69. The van der Waals surface area contributed by atoms with Crippen LogP contribution in [0.4, 0.5) is 17.1 Å². The lowest BCUT2D eigenvalue weighted by Crippen LogP contribution is -2.14. The highest BCUT2D eigenvalue weighted by molar-refractivity contribution is 7.92. The summed E-state index contributed by atoms with van der Waals surface area (Å²) in [6.07, 6.45) is 2.28. The summed E-state index contributed by atoms with van der Waals surface area (Å²) in [7, 11) is -2.49. The molecule has 0 aliphatic carbocycles. The number of rotatable bonds is 5. The van der Waals surface area contributed by atoms with Gasteiger partial charge in [-0.25, -0.2) is 8.42 Å². The molecule has 1 aromatic carbocycles. The first-order valence-corrected chi connectivity index (χ1v) is 6.81. The Morgan fingerprint density at radius 1 is 1.40 bits per heavy atom. The number of benzene rings is 1. The zero-order valence-electron chi connectivity index (χ0n) is 10.2. The minimum atomic E-state index is -4.00. The Bertz CT molecular complexity index is 726. The molecule has 9 nitrogen and oxygen atoms in total. The van der Waals surface area contributed by atoms with Crippen LogP contribution in [0.2, 0.25) is 0 Å². The van der Waals surface area contributed by atoms with Crippen molar-refractivity contribution in [3.8, 4) is 0 Å². The number of hydrogen-bond donors (Lipinski definition) is 2. The van der Waals surface area contributed by atoms with Gasteiger partial charge in [0.25, 0.3) is 15.7 Å². The Hall–Kier alpha value is -2.62. The second kappa shape index (κ2) is 5.17. The molecular weight excluding hydrogens is 288 g/mol. The number of nitro benzene ring substituents is 1. The van der Waals surface area contributed by atoms with E-state index in [0.29, 0.717) is 0 Å². The second-order valence-corrected chi connectivity index (χ2v) is 5.36. The van der Waals surface area contributed by atoms with Crippen LogP contribution in [0.25, 0.3) is 0 Å². The van der Waals surface area contributed by atoms with Crippen LogP contribution < -0.4 is 10.0 Å². The molecule has 0 unspecified atom stereocenters. The van der Waals surface area contributed by atoms with Crippen LogP contribution in [0.5, 0.6) is 0 Å². The first-order valence-electron chi connectivity index (χ1n) is 5.32. The second-order valence-electron chi connectivity index (χ2n) is 3.71. The van der Waals surface area contributed by atoms with Crippen LogP contribution in [0, 0.1) is 10.1 Å². The average molecular weight is 298 g/mol. The van der Waals surface area contributed by atoms with E-state index in [-0.39, 0.29) is 22.0 Å². The van der Waals surface area contributed by atoms with E-state index < -0.39 is 14.9 Å². The van der Waals surface area contributed by atoms with Crippen molar-refractivity contribution >= 4 is 27.1 Å². The van der Waals surface area contributed by atoms with Gasteiger partial charge in [-0.3, -0.25) is 14.8 Å². The minimum Gasteiger partial charge on any atom is -0.387 e. The smallest absolute Gasteiger partial charge is 0.270 e. The largest absolute Gasteiger partial charge is 0.387 e. The van der Waals surface area contributed by atoms with Gasteiger partial charge in [0.15, 0.2) is 0 Å². The molecule has 1 heterocycles. The number of anilines is 2. The van der Waals surface area contributed by atoms with Crippen molar-refractivity contribution in [2.45, 2.75) is 4.90 Å². The fraction of sp³-hybridized carbons (Fsp3) is 0.100. The molecule has 10 heteroatoms. The van der Waals surface area contributed by atoms with Crippen molar-refractivity contribution in [3.05, 3.63) is 40.8 Å². The van der Waals surface area contributed by atoms with Gasteiger partial charge in [-0.1, -0.05) is 5.16 Å². The van der Waals surface area contributed by atoms with Gasteiger partial charge in [-0.2, -0.15) is 0 Å². The zero-order valence-corrected chi connectivity index (χ0v) is 11.0. The van der Waals surface area contributed by atoms with Gasteiger partial charge in [-0.05, 0) is 6.07 Å². The van der Waals surface area contributed by atoms with Crippen LogP contribution in [-0.2, 0) is 10.0 Å². The lowest BCUT2D eigenvalue weighted by atomic mass is 10.3. The molecule has 0 amide bonds. The van der Waals surface area contributed by atoms with E-state index in [4.69, 9.17) is 0 Å². The summed E-state index contributed by atoms with van der Waals surface area (Å²) >= 11 is 0. The quantitative estimate of drug-likeness (QED) is 0.631. The number of aromatic nitrogens is 1. The number of sulfonamides is 1. The summed E-state index contributed by atoms with van der Waals surface area (Å²) in [5, 5.41) is 16.8. The van der Waals surface area contributed by atoms with Gasteiger partial charge in [0, 0.05) is 19.2 Å². The molecular formula is C10H10N4O5S. The maximum atomic E-state index is 12.2. The zero-order chi connectivity index (χ0) is 14.8. The Kier molecular flexibility index (Phi) is 3.57. The summed E-state index contributed by atoms with van der Waals surface area (Å²) in [5.74, 6) is 0. The third-order valence-electron chi connectivity index (χ3n) is 2.42. The fourth-order valence-corrected chi connectivity index (χ4v) is 2.78. The van der Waals surface area contributed by atoms with E-state index in [1.54, 1.807) is 0 Å². The molecule has 20 heavy (non-hydrogen) atoms. The monoisotopic (exact) mass is 298 g/mol. The standard InChI is InChI=1S/C10H10N4O5S/c1-11-9-3-2-8(14(15)16)4-10(9)20(17,18)13-7-5-12-19-6-7/h2-6,11,13H,1H3. The molecule has 2 aromatic rings. The summed E-state index contributed by atoms with van der Waals surface area (Å²) in [5.41, 5.74) is 0.0350. The van der Waals surface area contributed by atoms with Crippen molar-refractivity contribution in [2.75, 3.05) is 17.1 Å². The van der Waals surface area contributed by atoms with Crippen LogP contribution >= 0.6 is 0 Å². The highest BCUT2D eigenvalue weighted by Crippen LogP contribution is 2.27. The number of nitrogens with zero attached hydrogens (tertiary/aromatic N) is 2. The summed E-state index contributed by atoms with van der Waals surface area (Å²) in [6, 6.07) is 3.51. The van der Waals surface area contributed by atoms with Gasteiger partial charge >= 0.3 is 0 Å². The van der Waals surface area contributed by atoms with Crippen molar-refractivity contribution in [1.29, 1.82) is 0 Å². The average Bonchev–Trinajstić information content (AvgIpc) is 2.90. The van der Waals surface area contributed by atoms with Crippen molar-refractivity contribution < 1.29 is 17.9 Å². The minimum absolute atomic E-state index is 0.124. The van der Waals surface area contributed by atoms with Crippen molar-refractivity contribution in [3.63, 3.8) is 0 Å². The van der Waals surface area contributed by atoms with Gasteiger partial charge < -0.3 is 9.84 Å². The third-order valence-corrected chi connectivity index (χ3v) is 3.84. The number of hydrogen-bond acceptors (Lipinski definition) is 7. The molecule has 0 radical (unpaired) electrons. The van der Waals surface area contributed by atoms with Crippen molar-refractivity contribution in [1.82, 2.24) is 5.16 Å². The fourth-order valence-electron chi connectivity index (χ4n) is 1.52. The normalized spacial score (nSPS) is 11.1. The van der Waals surface area contributed by atoms with Gasteiger partial charge in [0.1, 0.15) is 16.8 Å². The summed E-state index contributed by atoms with van der Waals surface area (Å²) < 4.78 is 31.1. The Morgan fingerprint density at radius 3 is 2.70 bits per heavy atom.